The summed E-state index contributed by atoms with van der Waals surface area (Å²) in [5.41, 5.74) is -0.00279. The molecule has 0 bridgehead atoms. The SMILES string of the molecule is CC#CCOc1ccc2c(c1)CN(C[C@@](NC=O)(C(=O)NC)c1ccc(F)cc1)C2=O. The molecule has 1 aliphatic heterocycles. The number of carbonyl (C=O) groups excluding carboxylic acids is 3. The van der Waals surface area contributed by atoms with Crippen molar-refractivity contribution < 1.29 is 23.5 Å². The molecule has 31 heavy (non-hydrogen) atoms. The quantitative estimate of drug-likeness (QED) is 0.499. The summed E-state index contributed by atoms with van der Waals surface area (Å²) in [6, 6.07) is 10.3. The van der Waals surface area contributed by atoms with Crippen molar-refractivity contribution in [2.24, 2.45) is 0 Å². The van der Waals surface area contributed by atoms with Crippen molar-refractivity contribution in [1.29, 1.82) is 0 Å². The summed E-state index contributed by atoms with van der Waals surface area (Å²) in [6.07, 6.45) is 0.396. The second-order valence-electron chi connectivity index (χ2n) is 6.95. The zero-order chi connectivity index (χ0) is 22.4. The number of likely N-dealkylation sites (N-methyl/N-ethyl adjacent to an activating group) is 1. The van der Waals surface area contributed by atoms with Gasteiger partial charge in [0.25, 0.3) is 11.8 Å². The summed E-state index contributed by atoms with van der Waals surface area (Å²) >= 11 is 0. The van der Waals surface area contributed by atoms with Gasteiger partial charge in [-0.05, 0) is 48.4 Å². The number of benzene rings is 2. The lowest BCUT2D eigenvalue weighted by atomic mass is 9.88. The van der Waals surface area contributed by atoms with E-state index >= 15 is 0 Å². The van der Waals surface area contributed by atoms with Gasteiger partial charge in [-0.15, -0.1) is 5.92 Å². The van der Waals surface area contributed by atoms with Crippen LogP contribution in [0.2, 0.25) is 0 Å². The third-order valence-electron chi connectivity index (χ3n) is 5.13. The molecular weight excluding hydrogens is 401 g/mol. The Bertz CT molecular complexity index is 1060. The molecule has 8 heteroatoms. The molecule has 2 aromatic carbocycles. The summed E-state index contributed by atoms with van der Waals surface area (Å²) in [5.74, 6) is 4.84. The summed E-state index contributed by atoms with van der Waals surface area (Å²) in [7, 11) is 1.43. The van der Waals surface area contributed by atoms with Gasteiger partial charge in [0.05, 0.1) is 6.54 Å². The molecule has 0 aromatic heterocycles. The Kier molecular flexibility index (Phi) is 6.55. The van der Waals surface area contributed by atoms with Crippen LogP contribution in [0, 0.1) is 17.7 Å². The highest BCUT2D eigenvalue weighted by Crippen LogP contribution is 2.31. The van der Waals surface area contributed by atoms with E-state index in [9.17, 15) is 18.8 Å². The van der Waals surface area contributed by atoms with Crippen LogP contribution in [0.3, 0.4) is 0 Å². The Balaban J connectivity index is 1.92. The van der Waals surface area contributed by atoms with Crippen molar-refractivity contribution in [2.75, 3.05) is 20.2 Å². The Morgan fingerprint density at radius 3 is 2.68 bits per heavy atom. The number of halogens is 1. The average Bonchev–Trinajstić information content (AvgIpc) is 3.08. The fraction of sp³-hybridized carbons (Fsp3) is 0.261. The largest absolute Gasteiger partial charge is 0.481 e. The van der Waals surface area contributed by atoms with E-state index in [4.69, 9.17) is 4.74 Å². The van der Waals surface area contributed by atoms with E-state index in [-0.39, 0.29) is 25.6 Å². The van der Waals surface area contributed by atoms with Crippen LogP contribution in [-0.4, -0.2) is 43.3 Å². The van der Waals surface area contributed by atoms with E-state index in [1.807, 2.05) is 0 Å². The van der Waals surface area contributed by atoms with E-state index in [0.717, 1.165) is 5.56 Å². The maximum Gasteiger partial charge on any atom is 0.254 e. The number of rotatable bonds is 8. The van der Waals surface area contributed by atoms with Crippen LogP contribution < -0.4 is 15.4 Å². The minimum Gasteiger partial charge on any atom is -0.481 e. The van der Waals surface area contributed by atoms with Crippen molar-refractivity contribution in [3.63, 3.8) is 0 Å². The molecule has 160 valence electrons. The maximum absolute atomic E-state index is 13.5. The van der Waals surface area contributed by atoms with Crippen molar-refractivity contribution in [1.82, 2.24) is 15.5 Å². The molecule has 3 amide bonds. The first kappa shape index (κ1) is 21.8. The molecule has 0 saturated carbocycles. The molecular formula is C23H22FN3O4. The zero-order valence-corrected chi connectivity index (χ0v) is 17.2. The normalized spacial score (nSPS) is 14.0. The smallest absolute Gasteiger partial charge is 0.254 e. The lowest BCUT2D eigenvalue weighted by molar-refractivity contribution is -0.131. The predicted molar refractivity (Wildman–Crippen MR) is 111 cm³/mol. The Morgan fingerprint density at radius 1 is 1.29 bits per heavy atom. The average molecular weight is 423 g/mol. The van der Waals surface area contributed by atoms with Gasteiger partial charge in [0.15, 0.2) is 5.54 Å². The van der Waals surface area contributed by atoms with Gasteiger partial charge < -0.3 is 20.3 Å². The molecule has 2 aromatic rings. The molecule has 0 fully saturated rings. The van der Waals surface area contributed by atoms with Crippen LogP contribution in [-0.2, 0) is 21.7 Å². The number of ether oxygens (including phenoxy) is 1. The van der Waals surface area contributed by atoms with Crippen LogP contribution in [0.25, 0.3) is 0 Å². The van der Waals surface area contributed by atoms with Gasteiger partial charge in [-0.1, -0.05) is 18.1 Å². The second kappa shape index (κ2) is 9.30. The predicted octanol–water partition coefficient (Wildman–Crippen LogP) is 1.57. The van der Waals surface area contributed by atoms with E-state index in [0.29, 0.717) is 23.3 Å². The minimum atomic E-state index is -1.59. The summed E-state index contributed by atoms with van der Waals surface area (Å²) < 4.78 is 19.0. The highest BCUT2D eigenvalue weighted by molar-refractivity contribution is 5.99. The molecule has 0 aliphatic carbocycles. The summed E-state index contributed by atoms with van der Waals surface area (Å²) in [6.45, 7) is 2.05. The molecule has 1 aliphatic rings. The van der Waals surface area contributed by atoms with Gasteiger partial charge in [-0.2, -0.15) is 0 Å². The van der Waals surface area contributed by atoms with E-state index < -0.39 is 17.3 Å². The van der Waals surface area contributed by atoms with Crippen LogP contribution >= 0.6 is 0 Å². The lowest BCUT2D eigenvalue weighted by Gasteiger charge is -2.35. The molecule has 0 saturated heterocycles. The van der Waals surface area contributed by atoms with Crippen LogP contribution in [0.15, 0.2) is 42.5 Å². The van der Waals surface area contributed by atoms with Gasteiger partial charge >= 0.3 is 0 Å². The minimum absolute atomic E-state index is 0.137. The van der Waals surface area contributed by atoms with E-state index in [1.165, 1.54) is 36.2 Å². The first-order chi connectivity index (χ1) is 14.9. The Labute approximate surface area is 179 Å². The molecule has 1 heterocycles. The second-order valence-corrected chi connectivity index (χ2v) is 6.95. The van der Waals surface area contributed by atoms with Crippen molar-refractivity contribution in [2.45, 2.75) is 19.0 Å². The number of amides is 3. The maximum atomic E-state index is 13.5. The highest BCUT2D eigenvalue weighted by atomic mass is 19.1. The van der Waals surface area contributed by atoms with Gasteiger partial charge in [-0.3, -0.25) is 14.4 Å². The van der Waals surface area contributed by atoms with Gasteiger partial charge in [-0.25, -0.2) is 4.39 Å². The monoisotopic (exact) mass is 423 g/mol. The number of nitrogens with one attached hydrogen (secondary N) is 2. The number of fused-ring (bicyclic) bond motifs is 1. The fourth-order valence-corrected chi connectivity index (χ4v) is 3.59. The highest BCUT2D eigenvalue weighted by Gasteiger charge is 2.44. The summed E-state index contributed by atoms with van der Waals surface area (Å²) in [4.78, 5) is 38.8. The number of hydrogen-bond donors (Lipinski definition) is 2. The van der Waals surface area contributed by atoms with Crippen LogP contribution in [0.1, 0.15) is 28.4 Å². The first-order valence-electron chi connectivity index (χ1n) is 9.59. The third-order valence-corrected chi connectivity index (χ3v) is 5.13. The first-order valence-corrected chi connectivity index (χ1v) is 9.59. The lowest BCUT2D eigenvalue weighted by Crippen LogP contribution is -2.59. The molecule has 2 N–H and O–H groups in total. The number of carbonyl (C=O) groups is 3. The molecule has 3 rings (SSSR count). The van der Waals surface area contributed by atoms with Crippen molar-refractivity contribution in [3.8, 4) is 17.6 Å². The fourth-order valence-electron chi connectivity index (χ4n) is 3.59. The van der Waals surface area contributed by atoms with Gasteiger partial charge in [0, 0.05) is 19.2 Å². The summed E-state index contributed by atoms with van der Waals surface area (Å²) in [5, 5.41) is 5.08. The van der Waals surface area contributed by atoms with Gasteiger partial charge in [0.1, 0.15) is 18.2 Å². The van der Waals surface area contributed by atoms with E-state index in [1.54, 1.807) is 25.1 Å². The van der Waals surface area contributed by atoms with Crippen LogP contribution in [0.5, 0.6) is 5.75 Å². The van der Waals surface area contributed by atoms with Gasteiger partial charge in [0.2, 0.25) is 6.41 Å². The third kappa shape index (κ3) is 4.36. The Morgan fingerprint density at radius 2 is 2.03 bits per heavy atom. The molecule has 0 spiro atoms. The molecule has 7 nitrogen and oxygen atoms in total. The van der Waals surface area contributed by atoms with Crippen molar-refractivity contribution in [3.05, 3.63) is 65.0 Å². The standard InChI is InChI=1S/C23H22FN3O4/c1-3-4-11-31-19-9-10-20-16(12-19)13-27(21(20)29)14-23(26-15-28,22(30)25-2)17-5-7-18(24)8-6-17/h5-10,12,15H,11,13-14H2,1-2H3,(H,25,30)(H,26,28)/t23-/m0/s1. The topological polar surface area (TPSA) is 87.7 Å². The van der Waals surface area contributed by atoms with E-state index in [2.05, 4.69) is 22.5 Å². The van der Waals surface area contributed by atoms with Crippen LogP contribution in [0.4, 0.5) is 4.39 Å². The number of nitrogens with zero attached hydrogens (tertiary/aromatic N) is 1. The molecule has 0 unspecified atom stereocenters. The molecule has 0 radical (unpaired) electrons. The Hall–Kier alpha value is -3.86. The van der Waals surface area contributed by atoms with Crippen molar-refractivity contribution >= 4 is 18.2 Å². The zero-order valence-electron chi connectivity index (χ0n) is 17.2. The number of hydrogen-bond acceptors (Lipinski definition) is 4. The molecule has 1 atom stereocenters.